The molecular weight excluding hydrogens is 414 g/mol. The Balaban J connectivity index is 1.51. The van der Waals surface area contributed by atoms with Crippen LogP contribution in [0, 0.1) is 5.41 Å². The molecule has 0 spiro atoms. The lowest BCUT2D eigenvalue weighted by atomic mass is 9.75. The zero-order chi connectivity index (χ0) is 23.3. The molecule has 1 saturated heterocycles. The minimum atomic E-state index is -0.711. The summed E-state index contributed by atoms with van der Waals surface area (Å²) >= 11 is 0. The summed E-state index contributed by atoms with van der Waals surface area (Å²) < 4.78 is 5.65. The molecule has 0 radical (unpaired) electrons. The molecule has 4 rings (SSSR count). The van der Waals surface area contributed by atoms with Gasteiger partial charge in [-0.3, -0.25) is 9.59 Å². The third-order valence-corrected chi connectivity index (χ3v) is 6.40. The van der Waals surface area contributed by atoms with Gasteiger partial charge in [-0.25, -0.2) is 0 Å². The molecule has 33 heavy (non-hydrogen) atoms. The molecule has 1 aliphatic heterocycles. The Morgan fingerprint density at radius 1 is 1.06 bits per heavy atom. The van der Waals surface area contributed by atoms with E-state index in [1.54, 1.807) is 19.0 Å². The van der Waals surface area contributed by atoms with Gasteiger partial charge < -0.3 is 14.3 Å². The zero-order valence-corrected chi connectivity index (χ0v) is 19.4. The van der Waals surface area contributed by atoms with Gasteiger partial charge in [0.1, 0.15) is 11.5 Å². The number of rotatable bonds is 7. The van der Waals surface area contributed by atoms with Gasteiger partial charge in [-0.15, -0.1) is 0 Å². The van der Waals surface area contributed by atoms with Crippen molar-refractivity contribution < 1.29 is 14.1 Å². The van der Waals surface area contributed by atoms with E-state index >= 15 is 0 Å². The molecule has 0 bridgehead atoms. The predicted molar refractivity (Wildman–Crippen MR) is 127 cm³/mol. The molecule has 1 unspecified atom stereocenters. The van der Waals surface area contributed by atoms with Gasteiger partial charge in [-0.05, 0) is 24.8 Å². The first kappa shape index (κ1) is 22.8. The van der Waals surface area contributed by atoms with Gasteiger partial charge in [-0.1, -0.05) is 65.8 Å². The van der Waals surface area contributed by atoms with Crippen LogP contribution in [0.4, 0.5) is 0 Å². The number of piperidine rings is 1. The lowest BCUT2D eigenvalue weighted by Crippen LogP contribution is -2.54. The molecule has 0 saturated carbocycles. The number of aromatic nitrogens is 1. The second kappa shape index (κ2) is 10.0. The van der Waals surface area contributed by atoms with E-state index in [9.17, 15) is 9.59 Å². The molecule has 1 aromatic heterocycles. The minimum absolute atomic E-state index is 0.0284. The maximum absolute atomic E-state index is 13.4. The van der Waals surface area contributed by atoms with Crippen molar-refractivity contribution in [3.05, 3.63) is 78.1 Å². The number of hydrogen-bond donors (Lipinski definition) is 0. The monoisotopic (exact) mass is 445 g/mol. The van der Waals surface area contributed by atoms with Crippen molar-refractivity contribution in [3.8, 4) is 11.3 Å². The Kier molecular flexibility index (Phi) is 6.92. The van der Waals surface area contributed by atoms with Crippen LogP contribution in [0.2, 0.25) is 0 Å². The van der Waals surface area contributed by atoms with E-state index in [4.69, 9.17) is 4.52 Å². The van der Waals surface area contributed by atoms with E-state index in [1.807, 2.05) is 71.6 Å². The Hall–Kier alpha value is -3.41. The van der Waals surface area contributed by atoms with Crippen molar-refractivity contribution in [3.63, 3.8) is 0 Å². The quantitative estimate of drug-likeness (QED) is 0.546. The first-order valence-electron chi connectivity index (χ1n) is 11.5. The van der Waals surface area contributed by atoms with E-state index in [2.05, 4.69) is 5.16 Å². The van der Waals surface area contributed by atoms with E-state index in [1.165, 1.54) is 0 Å². The third kappa shape index (κ3) is 5.33. The van der Waals surface area contributed by atoms with Crippen molar-refractivity contribution in [1.29, 1.82) is 0 Å². The Bertz CT molecular complexity index is 1080. The van der Waals surface area contributed by atoms with E-state index in [0.717, 1.165) is 23.2 Å². The number of carbonyl (C=O) groups is 2. The summed E-state index contributed by atoms with van der Waals surface area (Å²) in [4.78, 5) is 29.9. The Morgan fingerprint density at radius 2 is 1.76 bits per heavy atom. The molecule has 172 valence electrons. The fourth-order valence-electron chi connectivity index (χ4n) is 4.74. The number of carbonyl (C=O) groups excluding carboxylic acids is 2. The van der Waals surface area contributed by atoms with Crippen molar-refractivity contribution in [1.82, 2.24) is 15.0 Å². The van der Waals surface area contributed by atoms with Crippen LogP contribution in [-0.4, -0.2) is 54.0 Å². The van der Waals surface area contributed by atoms with Gasteiger partial charge in [-0.2, -0.15) is 0 Å². The van der Waals surface area contributed by atoms with Crippen LogP contribution in [0.25, 0.3) is 11.3 Å². The van der Waals surface area contributed by atoms with E-state index < -0.39 is 5.41 Å². The number of hydrogen-bond acceptors (Lipinski definition) is 4. The highest BCUT2D eigenvalue weighted by Crippen LogP contribution is 2.36. The van der Waals surface area contributed by atoms with Crippen LogP contribution in [0.3, 0.4) is 0 Å². The van der Waals surface area contributed by atoms with Gasteiger partial charge in [0.2, 0.25) is 11.8 Å². The van der Waals surface area contributed by atoms with Gasteiger partial charge in [0.25, 0.3) is 0 Å². The molecule has 6 nitrogen and oxygen atoms in total. The number of likely N-dealkylation sites (tertiary alicyclic amines) is 1. The first-order chi connectivity index (χ1) is 16.0. The lowest BCUT2D eigenvalue weighted by molar-refractivity contribution is -0.147. The predicted octanol–water partition coefficient (Wildman–Crippen LogP) is 4.21. The van der Waals surface area contributed by atoms with Crippen LogP contribution < -0.4 is 0 Å². The maximum atomic E-state index is 13.4. The normalized spacial score (nSPS) is 18.2. The average Bonchev–Trinajstić information content (AvgIpc) is 3.31. The summed E-state index contributed by atoms with van der Waals surface area (Å²) in [6.07, 6.45) is 3.07. The van der Waals surface area contributed by atoms with Crippen LogP contribution in [0.1, 0.15) is 30.6 Å². The molecule has 1 aliphatic rings. The molecule has 3 aromatic rings. The highest BCUT2D eigenvalue weighted by Gasteiger charge is 2.45. The number of nitrogens with zero attached hydrogens (tertiary/aromatic N) is 3. The SMILES string of the molecule is CN(C)C(=O)C1(Cc2cc(-c3ccccc3)no2)CCCN(C(=O)CCc2ccccc2)C1. The van der Waals surface area contributed by atoms with Gasteiger partial charge in [0.05, 0.1) is 5.41 Å². The topological polar surface area (TPSA) is 66.7 Å². The average molecular weight is 446 g/mol. The van der Waals surface area contributed by atoms with Gasteiger partial charge >= 0.3 is 0 Å². The second-order valence-electron chi connectivity index (χ2n) is 9.11. The summed E-state index contributed by atoms with van der Waals surface area (Å²) in [7, 11) is 3.55. The first-order valence-corrected chi connectivity index (χ1v) is 11.5. The zero-order valence-electron chi connectivity index (χ0n) is 19.4. The summed E-state index contributed by atoms with van der Waals surface area (Å²) in [5, 5.41) is 4.22. The van der Waals surface area contributed by atoms with Crippen molar-refractivity contribution >= 4 is 11.8 Å². The summed E-state index contributed by atoms with van der Waals surface area (Å²) in [6, 6.07) is 21.8. The van der Waals surface area contributed by atoms with Gasteiger partial charge in [0, 0.05) is 51.7 Å². The van der Waals surface area contributed by atoms with E-state index in [-0.39, 0.29) is 11.8 Å². The largest absolute Gasteiger partial charge is 0.361 e. The van der Waals surface area contributed by atoms with Crippen LogP contribution >= 0.6 is 0 Å². The van der Waals surface area contributed by atoms with Crippen LogP contribution in [-0.2, 0) is 22.4 Å². The number of benzene rings is 2. The van der Waals surface area contributed by atoms with Crippen molar-refractivity contribution in [2.45, 2.75) is 32.1 Å². The van der Waals surface area contributed by atoms with Crippen LogP contribution in [0.15, 0.2) is 71.3 Å². The smallest absolute Gasteiger partial charge is 0.230 e. The lowest BCUT2D eigenvalue weighted by Gasteiger charge is -2.42. The fourth-order valence-corrected chi connectivity index (χ4v) is 4.74. The number of amides is 2. The van der Waals surface area contributed by atoms with Crippen molar-refractivity contribution in [2.24, 2.45) is 5.41 Å². The highest BCUT2D eigenvalue weighted by atomic mass is 16.5. The molecule has 0 aliphatic carbocycles. The molecule has 0 N–H and O–H groups in total. The molecule has 2 aromatic carbocycles. The van der Waals surface area contributed by atoms with Crippen LogP contribution in [0.5, 0.6) is 0 Å². The Labute approximate surface area is 195 Å². The van der Waals surface area contributed by atoms with E-state index in [0.29, 0.717) is 44.5 Å². The number of aryl methyl sites for hydroxylation is 1. The minimum Gasteiger partial charge on any atom is -0.361 e. The molecule has 2 amide bonds. The Morgan fingerprint density at radius 3 is 2.45 bits per heavy atom. The van der Waals surface area contributed by atoms with Gasteiger partial charge in [0.15, 0.2) is 0 Å². The maximum Gasteiger partial charge on any atom is 0.230 e. The summed E-state index contributed by atoms with van der Waals surface area (Å²) in [6.45, 7) is 1.08. The molecule has 2 heterocycles. The molecular formula is C27H31N3O3. The fraction of sp³-hybridized carbons (Fsp3) is 0.370. The molecule has 1 fully saturated rings. The highest BCUT2D eigenvalue weighted by molar-refractivity contribution is 5.84. The third-order valence-electron chi connectivity index (χ3n) is 6.40. The molecule has 6 heteroatoms. The standard InChI is InChI=1S/C27H31N3O3/c1-29(2)26(32)27(19-23-18-24(28-33-23)22-12-7-4-8-13-22)16-9-17-30(20-27)25(31)15-14-21-10-5-3-6-11-21/h3-8,10-13,18H,9,14-17,19-20H2,1-2H3. The summed E-state index contributed by atoms with van der Waals surface area (Å²) in [5.74, 6) is 0.792. The van der Waals surface area contributed by atoms with Crippen molar-refractivity contribution in [2.75, 3.05) is 27.2 Å². The summed E-state index contributed by atoms with van der Waals surface area (Å²) in [5.41, 5.74) is 2.16. The second-order valence-corrected chi connectivity index (χ2v) is 9.11. The molecule has 1 atom stereocenters.